The minimum absolute atomic E-state index is 0.0198. The largest absolute Gasteiger partial charge is 0.467 e. The van der Waals surface area contributed by atoms with Gasteiger partial charge in [-0.2, -0.15) is 0 Å². The molecule has 0 aromatic heterocycles. The van der Waals surface area contributed by atoms with E-state index in [1.165, 1.54) is 77.7 Å². The summed E-state index contributed by atoms with van der Waals surface area (Å²) in [5.74, 6) is -1.60. The minimum Gasteiger partial charge on any atom is -0.467 e. The summed E-state index contributed by atoms with van der Waals surface area (Å²) in [6.45, 7) is 13.1. The number of carbonyl (C=O) groups is 4. The second kappa shape index (κ2) is 25.1. The lowest BCUT2D eigenvalue weighted by Gasteiger charge is -2.26. The van der Waals surface area contributed by atoms with Gasteiger partial charge in [0, 0.05) is 5.75 Å². The average molecular weight is 661 g/mol. The summed E-state index contributed by atoms with van der Waals surface area (Å²) < 4.78 is 21.1. The van der Waals surface area contributed by atoms with Crippen molar-refractivity contribution in [2.24, 2.45) is 0 Å². The molecule has 0 unspecified atom stereocenters. The van der Waals surface area contributed by atoms with Gasteiger partial charge in [0.15, 0.2) is 6.04 Å². The van der Waals surface area contributed by atoms with Crippen LogP contribution in [0, 0.1) is 0 Å². The maximum Gasteiger partial charge on any atom is 0.408 e. The van der Waals surface area contributed by atoms with Crippen LogP contribution in [0.5, 0.6) is 0 Å². The Morgan fingerprint density at radius 3 is 1.67 bits per heavy atom. The molecule has 0 bridgehead atoms. The summed E-state index contributed by atoms with van der Waals surface area (Å²) >= 11 is 1.15. The van der Waals surface area contributed by atoms with Crippen LogP contribution in [0.15, 0.2) is 0 Å². The lowest BCUT2D eigenvalue weighted by atomic mass is 10.0. The molecule has 0 saturated heterocycles. The van der Waals surface area contributed by atoms with E-state index in [9.17, 15) is 19.2 Å². The number of esters is 2. The first-order valence-corrected chi connectivity index (χ1v) is 18.1. The van der Waals surface area contributed by atoms with Crippen LogP contribution in [0.3, 0.4) is 0 Å². The maximum absolute atomic E-state index is 13.1. The van der Waals surface area contributed by atoms with Crippen LogP contribution in [-0.4, -0.2) is 79.1 Å². The van der Waals surface area contributed by atoms with Gasteiger partial charge in [-0.05, 0) is 48.0 Å². The highest BCUT2D eigenvalue weighted by Gasteiger charge is 2.30. The van der Waals surface area contributed by atoms with Crippen molar-refractivity contribution >= 4 is 35.7 Å². The van der Waals surface area contributed by atoms with Gasteiger partial charge in [-0.25, -0.2) is 9.59 Å². The van der Waals surface area contributed by atoms with E-state index in [-0.39, 0.29) is 24.1 Å². The molecule has 2 amide bonds. The SMILES string of the molecule is CCCCCCCCCCCCCCCCOC(=O)CSC[C@H](NC(=O)OC(C)(C)C)C(=O)N[C@@H](COC(C)(C)C)C(=O)OC. The second-order valence-electron chi connectivity index (χ2n) is 13.5. The van der Waals surface area contributed by atoms with E-state index in [1.807, 2.05) is 20.8 Å². The molecular formula is C34H64N2O8S. The molecule has 2 N–H and O–H groups in total. The lowest BCUT2D eigenvalue weighted by molar-refractivity contribution is -0.148. The zero-order valence-electron chi connectivity index (χ0n) is 29.6. The Labute approximate surface area is 277 Å². The molecule has 0 rings (SSSR count). The molecule has 0 spiro atoms. The maximum atomic E-state index is 13.1. The van der Waals surface area contributed by atoms with Crippen LogP contribution in [0.25, 0.3) is 0 Å². The van der Waals surface area contributed by atoms with Gasteiger partial charge in [-0.15, -0.1) is 11.8 Å². The molecule has 0 aliphatic rings. The van der Waals surface area contributed by atoms with Crippen molar-refractivity contribution in [2.45, 2.75) is 162 Å². The Balaban J connectivity index is 4.48. The van der Waals surface area contributed by atoms with Crippen LogP contribution in [-0.2, 0) is 33.3 Å². The molecule has 0 aromatic carbocycles. The fourth-order valence-corrected chi connectivity index (χ4v) is 5.17. The standard InChI is InChI=1S/C34H64N2O8S/c1-9-10-11-12-13-14-15-16-17-18-19-20-21-22-23-42-29(37)26-45-25-28(36-32(40)44-34(5,6)7)30(38)35-27(31(39)41-8)24-43-33(2,3)4/h27-28H,9-26H2,1-8H3,(H,35,38)(H,36,40)/t27-,28-/m0/s1. The van der Waals surface area contributed by atoms with Crippen LogP contribution in [0.1, 0.15) is 138 Å². The van der Waals surface area contributed by atoms with Gasteiger partial charge in [0.1, 0.15) is 11.6 Å². The highest BCUT2D eigenvalue weighted by molar-refractivity contribution is 8.00. The van der Waals surface area contributed by atoms with Gasteiger partial charge < -0.3 is 29.6 Å². The molecule has 0 aromatic rings. The Hall–Kier alpha value is -2.01. The number of ether oxygens (including phenoxy) is 4. The van der Waals surface area contributed by atoms with Gasteiger partial charge in [0.05, 0.1) is 31.7 Å². The Kier molecular flexibility index (Phi) is 24.0. The number of nitrogens with one attached hydrogen (secondary N) is 2. The molecule has 0 fully saturated rings. The Morgan fingerprint density at radius 2 is 1.20 bits per heavy atom. The first-order valence-electron chi connectivity index (χ1n) is 16.9. The zero-order chi connectivity index (χ0) is 34.1. The quantitative estimate of drug-likeness (QED) is 0.0598. The van der Waals surface area contributed by atoms with E-state index < -0.39 is 41.3 Å². The first-order chi connectivity index (χ1) is 21.2. The molecule has 2 atom stereocenters. The van der Waals surface area contributed by atoms with Gasteiger partial charge >= 0.3 is 18.0 Å². The van der Waals surface area contributed by atoms with Gasteiger partial charge in [0.2, 0.25) is 5.91 Å². The first kappa shape index (κ1) is 43.0. The van der Waals surface area contributed by atoms with Crippen molar-refractivity contribution in [3.63, 3.8) is 0 Å². The predicted octanol–water partition coefficient (Wildman–Crippen LogP) is 7.11. The number of hydrogen-bond donors (Lipinski definition) is 2. The molecule has 11 heteroatoms. The molecule has 0 aliphatic carbocycles. The monoisotopic (exact) mass is 660 g/mol. The third-order valence-corrected chi connectivity index (χ3v) is 7.77. The number of carbonyl (C=O) groups excluding carboxylic acids is 4. The molecule has 10 nitrogen and oxygen atoms in total. The van der Waals surface area contributed by atoms with Crippen molar-refractivity contribution in [2.75, 3.05) is 31.8 Å². The highest BCUT2D eigenvalue weighted by atomic mass is 32.2. The van der Waals surface area contributed by atoms with Gasteiger partial charge in [-0.1, -0.05) is 90.4 Å². The predicted molar refractivity (Wildman–Crippen MR) is 181 cm³/mol. The summed E-state index contributed by atoms with van der Waals surface area (Å²) in [5, 5.41) is 5.13. The topological polar surface area (TPSA) is 129 Å². The van der Waals surface area contributed by atoms with Crippen molar-refractivity contribution in [3.8, 4) is 0 Å². The van der Waals surface area contributed by atoms with Gasteiger partial charge in [-0.3, -0.25) is 9.59 Å². The molecule has 0 radical (unpaired) electrons. The van der Waals surface area contributed by atoms with Crippen LogP contribution >= 0.6 is 11.8 Å². The average Bonchev–Trinajstić information content (AvgIpc) is 2.94. The number of amides is 2. The third-order valence-electron chi connectivity index (χ3n) is 6.76. The van der Waals surface area contributed by atoms with Crippen molar-refractivity contribution in [1.29, 1.82) is 0 Å². The van der Waals surface area contributed by atoms with Crippen molar-refractivity contribution < 1.29 is 38.1 Å². The van der Waals surface area contributed by atoms with Crippen LogP contribution in [0.2, 0.25) is 0 Å². The van der Waals surface area contributed by atoms with Gasteiger partial charge in [0.25, 0.3) is 0 Å². The second-order valence-corrected chi connectivity index (χ2v) is 14.6. The summed E-state index contributed by atoms with van der Waals surface area (Å²) in [7, 11) is 1.22. The van der Waals surface area contributed by atoms with Crippen molar-refractivity contribution in [1.82, 2.24) is 10.6 Å². The smallest absolute Gasteiger partial charge is 0.408 e. The number of rotatable bonds is 25. The summed E-state index contributed by atoms with van der Waals surface area (Å²) in [6.07, 6.45) is 16.8. The van der Waals surface area contributed by atoms with E-state index in [4.69, 9.17) is 18.9 Å². The number of thioether (sulfide) groups is 1. The Morgan fingerprint density at radius 1 is 0.689 bits per heavy atom. The molecule has 45 heavy (non-hydrogen) atoms. The number of unbranched alkanes of at least 4 members (excludes halogenated alkanes) is 13. The fraction of sp³-hybridized carbons (Fsp3) is 0.882. The van der Waals surface area contributed by atoms with E-state index in [2.05, 4.69) is 17.6 Å². The zero-order valence-corrected chi connectivity index (χ0v) is 30.4. The minimum atomic E-state index is -1.08. The summed E-state index contributed by atoms with van der Waals surface area (Å²) in [5.41, 5.74) is -1.32. The van der Waals surface area contributed by atoms with Crippen molar-refractivity contribution in [3.05, 3.63) is 0 Å². The van der Waals surface area contributed by atoms with Crippen LogP contribution < -0.4 is 10.6 Å². The number of alkyl carbamates (subject to hydrolysis) is 1. The summed E-state index contributed by atoms with van der Waals surface area (Å²) in [6, 6.07) is -2.16. The number of hydrogen-bond acceptors (Lipinski definition) is 9. The van der Waals surface area contributed by atoms with E-state index in [0.717, 1.165) is 31.0 Å². The Bertz CT molecular complexity index is 826. The molecule has 0 heterocycles. The molecular weight excluding hydrogens is 596 g/mol. The fourth-order valence-electron chi connectivity index (χ4n) is 4.33. The summed E-state index contributed by atoms with van der Waals surface area (Å²) in [4.78, 5) is 50.1. The highest BCUT2D eigenvalue weighted by Crippen LogP contribution is 2.14. The van der Waals surface area contributed by atoms with Crippen LogP contribution in [0.4, 0.5) is 4.79 Å². The molecule has 0 aliphatic heterocycles. The van der Waals surface area contributed by atoms with E-state index in [1.54, 1.807) is 20.8 Å². The van der Waals surface area contributed by atoms with E-state index >= 15 is 0 Å². The number of methoxy groups -OCH3 is 1. The molecule has 0 saturated carbocycles. The molecule has 264 valence electrons. The lowest BCUT2D eigenvalue weighted by Crippen LogP contribution is -2.55. The third kappa shape index (κ3) is 26.9. The normalized spacial score (nSPS) is 13.1. The van der Waals surface area contributed by atoms with E-state index in [0.29, 0.717) is 6.61 Å².